The third kappa shape index (κ3) is 3.81. The molecule has 0 atom stereocenters. The maximum Gasteiger partial charge on any atom is 0.264 e. The highest BCUT2D eigenvalue weighted by Gasteiger charge is 2.22. The van der Waals surface area contributed by atoms with Crippen molar-refractivity contribution in [3.05, 3.63) is 59.4 Å². The molecule has 134 valence electrons. The summed E-state index contributed by atoms with van der Waals surface area (Å²) in [6.45, 7) is 0. The molecule has 2 aromatic rings. The minimum atomic E-state index is -3.99. The van der Waals surface area contributed by atoms with Gasteiger partial charge in [-0.2, -0.15) is 0 Å². The van der Waals surface area contributed by atoms with Gasteiger partial charge in [-0.25, -0.2) is 21.6 Å². The van der Waals surface area contributed by atoms with Crippen molar-refractivity contribution in [2.45, 2.75) is 4.90 Å². The molecule has 0 fully saturated rings. The summed E-state index contributed by atoms with van der Waals surface area (Å²) >= 11 is 0. The van der Waals surface area contributed by atoms with Crippen LogP contribution in [0.2, 0.25) is 0 Å². The fourth-order valence-corrected chi connectivity index (χ4v) is 2.88. The van der Waals surface area contributed by atoms with Crippen molar-refractivity contribution in [3.63, 3.8) is 0 Å². The lowest BCUT2D eigenvalue weighted by Gasteiger charge is -2.14. The van der Waals surface area contributed by atoms with Gasteiger partial charge in [-0.3, -0.25) is 9.63 Å². The highest BCUT2D eigenvalue weighted by Crippen LogP contribution is 2.21. The van der Waals surface area contributed by atoms with E-state index in [0.29, 0.717) is 10.5 Å². The van der Waals surface area contributed by atoms with Crippen molar-refractivity contribution in [2.24, 2.45) is 0 Å². The molecule has 0 spiro atoms. The van der Waals surface area contributed by atoms with Gasteiger partial charge in [0, 0.05) is 12.6 Å². The lowest BCUT2D eigenvalue weighted by molar-refractivity contribution is -0.0258. The van der Waals surface area contributed by atoms with E-state index < -0.39 is 39.1 Å². The summed E-state index contributed by atoms with van der Waals surface area (Å²) in [7, 11) is -1.67. The fraction of sp³-hybridized carbons (Fsp3) is 0.133. The van der Waals surface area contributed by atoms with Crippen LogP contribution in [0.15, 0.2) is 41.3 Å². The first-order valence-electron chi connectivity index (χ1n) is 6.76. The standard InChI is InChI=1S/C15H13F3N2O4S/c1-20(24-2)25(22,23)10-5-3-4-9(8-10)15(21)19-12-7-6-11(16)13(17)14(12)18/h3-8H,1-2H3,(H,19,21). The minimum Gasteiger partial charge on any atom is -0.319 e. The van der Waals surface area contributed by atoms with Crippen molar-refractivity contribution in [3.8, 4) is 0 Å². The molecule has 0 radical (unpaired) electrons. The second-order valence-corrected chi connectivity index (χ2v) is 6.74. The zero-order valence-electron chi connectivity index (χ0n) is 13.1. The van der Waals surface area contributed by atoms with Gasteiger partial charge >= 0.3 is 0 Å². The smallest absolute Gasteiger partial charge is 0.264 e. The molecule has 10 heteroatoms. The quantitative estimate of drug-likeness (QED) is 0.645. The normalized spacial score (nSPS) is 11.6. The van der Waals surface area contributed by atoms with E-state index in [1.54, 1.807) is 0 Å². The van der Waals surface area contributed by atoms with Gasteiger partial charge in [-0.05, 0) is 30.3 Å². The summed E-state index contributed by atoms with van der Waals surface area (Å²) in [6, 6.07) is 6.36. The number of anilines is 1. The van der Waals surface area contributed by atoms with E-state index in [2.05, 4.69) is 10.2 Å². The van der Waals surface area contributed by atoms with Crippen LogP contribution in [0.25, 0.3) is 0 Å². The number of sulfonamides is 1. The first kappa shape index (κ1) is 18.9. The minimum absolute atomic E-state index is 0.130. The third-order valence-corrected chi connectivity index (χ3v) is 4.95. The lowest BCUT2D eigenvalue weighted by atomic mass is 10.2. The van der Waals surface area contributed by atoms with Crippen LogP contribution in [0.5, 0.6) is 0 Å². The van der Waals surface area contributed by atoms with Gasteiger partial charge < -0.3 is 5.32 Å². The Morgan fingerprint density at radius 2 is 1.80 bits per heavy atom. The molecule has 1 N–H and O–H groups in total. The summed E-state index contributed by atoms with van der Waals surface area (Å²) in [5, 5.41) is 2.06. The van der Waals surface area contributed by atoms with Gasteiger partial charge in [0.15, 0.2) is 17.5 Å². The molecule has 6 nitrogen and oxygen atoms in total. The molecule has 2 rings (SSSR count). The Kier molecular flexibility index (Phi) is 5.45. The number of rotatable bonds is 5. The van der Waals surface area contributed by atoms with Gasteiger partial charge in [0.25, 0.3) is 15.9 Å². The molecule has 25 heavy (non-hydrogen) atoms. The first-order chi connectivity index (χ1) is 11.7. The highest BCUT2D eigenvalue weighted by molar-refractivity contribution is 7.89. The predicted molar refractivity (Wildman–Crippen MR) is 82.7 cm³/mol. The molecular formula is C15H13F3N2O4S. The number of hydroxylamine groups is 1. The highest BCUT2D eigenvalue weighted by atomic mass is 32.2. The molecule has 0 bridgehead atoms. The molecule has 0 heterocycles. The number of hydrogen-bond donors (Lipinski definition) is 1. The van der Waals surface area contributed by atoms with E-state index in [-0.39, 0.29) is 10.5 Å². The van der Waals surface area contributed by atoms with E-state index >= 15 is 0 Å². The molecule has 0 aliphatic heterocycles. The summed E-state index contributed by atoms with van der Waals surface area (Å²) in [6.07, 6.45) is 0. The molecule has 0 aromatic heterocycles. The van der Waals surface area contributed by atoms with Gasteiger partial charge in [0.2, 0.25) is 0 Å². The lowest BCUT2D eigenvalue weighted by Crippen LogP contribution is -2.26. The van der Waals surface area contributed by atoms with Crippen molar-refractivity contribution in [1.82, 2.24) is 4.47 Å². The number of nitrogens with zero attached hydrogens (tertiary/aromatic N) is 1. The Hall–Kier alpha value is -2.43. The molecule has 0 unspecified atom stereocenters. The maximum absolute atomic E-state index is 13.6. The monoisotopic (exact) mass is 374 g/mol. The van der Waals surface area contributed by atoms with Crippen molar-refractivity contribution in [1.29, 1.82) is 0 Å². The number of carbonyl (C=O) groups excluding carboxylic acids is 1. The average Bonchev–Trinajstić information content (AvgIpc) is 2.61. The van der Waals surface area contributed by atoms with Crippen molar-refractivity contribution in [2.75, 3.05) is 19.5 Å². The van der Waals surface area contributed by atoms with E-state index in [0.717, 1.165) is 19.2 Å². The Bertz CT molecular complexity index is 919. The summed E-state index contributed by atoms with van der Waals surface area (Å²) in [4.78, 5) is 16.5. The van der Waals surface area contributed by atoms with Gasteiger partial charge in [0.1, 0.15) is 0 Å². The van der Waals surface area contributed by atoms with Crippen LogP contribution >= 0.6 is 0 Å². The number of halogens is 3. The van der Waals surface area contributed by atoms with Gasteiger partial charge in [-0.15, -0.1) is 0 Å². The van der Waals surface area contributed by atoms with E-state index in [1.165, 1.54) is 25.2 Å². The van der Waals surface area contributed by atoms with Crippen LogP contribution in [-0.4, -0.2) is 33.0 Å². The fourth-order valence-electron chi connectivity index (χ4n) is 1.86. The van der Waals surface area contributed by atoms with E-state index in [4.69, 9.17) is 0 Å². The molecular weight excluding hydrogens is 361 g/mol. The summed E-state index contributed by atoms with van der Waals surface area (Å²) in [5.41, 5.74) is -0.708. The number of hydrogen-bond acceptors (Lipinski definition) is 4. The number of amides is 1. The van der Waals surface area contributed by atoms with Crippen LogP contribution in [-0.2, 0) is 14.9 Å². The summed E-state index contributed by atoms with van der Waals surface area (Å²) < 4.78 is 64.6. The largest absolute Gasteiger partial charge is 0.319 e. The van der Waals surface area contributed by atoms with Crippen molar-refractivity contribution >= 4 is 21.6 Å². The van der Waals surface area contributed by atoms with E-state index in [9.17, 15) is 26.4 Å². The third-order valence-electron chi connectivity index (χ3n) is 3.27. The van der Waals surface area contributed by atoms with E-state index in [1.807, 2.05) is 0 Å². The molecule has 2 aromatic carbocycles. The Morgan fingerprint density at radius 3 is 2.44 bits per heavy atom. The van der Waals surface area contributed by atoms with Crippen LogP contribution in [0.4, 0.5) is 18.9 Å². The number of carbonyl (C=O) groups is 1. The molecule has 1 amide bonds. The topological polar surface area (TPSA) is 75.7 Å². The Morgan fingerprint density at radius 1 is 1.12 bits per heavy atom. The predicted octanol–water partition coefficient (Wildman–Crippen LogP) is 2.54. The molecule has 0 aliphatic rings. The van der Waals surface area contributed by atoms with Crippen LogP contribution in [0, 0.1) is 17.5 Å². The van der Waals surface area contributed by atoms with Gasteiger partial charge in [-0.1, -0.05) is 10.5 Å². The SMILES string of the molecule is CON(C)S(=O)(=O)c1cccc(C(=O)Nc2ccc(F)c(F)c2F)c1. The van der Waals surface area contributed by atoms with Crippen molar-refractivity contribution < 1.29 is 31.2 Å². The van der Waals surface area contributed by atoms with Crippen LogP contribution in [0.3, 0.4) is 0 Å². The number of nitrogens with one attached hydrogen (secondary N) is 1. The average molecular weight is 374 g/mol. The van der Waals surface area contributed by atoms with Gasteiger partial charge in [0.05, 0.1) is 17.7 Å². The second-order valence-electron chi connectivity index (χ2n) is 4.80. The molecule has 0 saturated heterocycles. The Labute approximate surface area is 141 Å². The summed E-state index contributed by atoms with van der Waals surface area (Å²) in [5.74, 6) is -5.58. The second kappa shape index (κ2) is 7.21. The number of benzene rings is 2. The maximum atomic E-state index is 13.6. The molecule has 0 saturated carbocycles. The molecule has 0 aliphatic carbocycles. The Balaban J connectivity index is 2.33. The zero-order valence-corrected chi connectivity index (χ0v) is 13.9. The zero-order chi connectivity index (χ0) is 18.8. The van der Waals surface area contributed by atoms with Crippen LogP contribution in [0.1, 0.15) is 10.4 Å². The van der Waals surface area contributed by atoms with Crippen LogP contribution < -0.4 is 5.32 Å². The first-order valence-corrected chi connectivity index (χ1v) is 8.20.